The van der Waals surface area contributed by atoms with E-state index in [4.69, 9.17) is 6.42 Å². The van der Waals surface area contributed by atoms with Crippen molar-refractivity contribution in [2.75, 3.05) is 0 Å². The third-order valence-electron chi connectivity index (χ3n) is 3.56. The first-order valence-corrected chi connectivity index (χ1v) is 5.77. The minimum absolute atomic E-state index is 0.100. The van der Waals surface area contributed by atoms with Gasteiger partial charge in [-0.25, -0.2) is 0 Å². The third-order valence-corrected chi connectivity index (χ3v) is 3.56. The van der Waals surface area contributed by atoms with Crippen molar-refractivity contribution in [3.05, 3.63) is 0 Å². The molecule has 0 aliphatic carbocycles. The van der Waals surface area contributed by atoms with Gasteiger partial charge < -0.3 is 10.6 Å². The summed E-state index contributed by atoms with van der Waals surface area (Å²) in [5.74, 6) is 2.88. The Morgan fingerprint density at radius 3 is 2.93 bits per heavy atom. The van der Waals surface area contributed by atoms with Crippen LogP contribution in [0.5, 0.6) is 0 Å². The lowest BCUT2D eigenvalue weighted by molar-refractivity contribution is -0.125. The fourth-order valence-corrected chi connectivity index (χ4v) is 2.65. The summed E-state index contributed by atoms with van der Waals surface area (Å²) < 4.78 is 0. The van der Waals surface area contributed by atoms with E-state index in [2.05, 4.69) is 16.6 Å². The first kappa shape index (κ1) is 10.5. The van der Waals surface area contributed by atoms with Gasteiger partial charge in [0.1, 0.15) is 0 Å². The van der Waals surface area contributed by atoms with E-state index in [9.17, 15) is 4.79 Å². The van der Waals surface area contributed by atoms with Crippen LogP contribution in [0.25, 0.3) is 0 Å². The predicted octanol–water partition coefficient (Wildman–Crippen LogP) is 0.655. The highest BCUT2D eigenvalue weighted by molar-refractivity contribution is 5.80. The van der Waals surface area contributed by atoms with Crippen molar-refractivity contribution in [2.24, 2.45) is 5.92 Å². The lowest BCUT2D eigenvalue weighted by atomic mass is 9.88. The lowest BCUT2D eigenvalue weighted by Crippen LogP contribution is -2.42. The van der Waals surface area contributed by atoms with Crippen LogP contribution in [0.2, 0.25) is 0 Å². The molecule has 4 atom stereocenters. The van der Waals surface area contributed by atoms with E-state index in [-0.39, 0.29) is 17.9 Å². The molecule has 82 valence electrons. The van der Waals surface area contributed by atoms with Crippen LogP contribution in [0.3, 0.4) is 0 Å². The summed E-state index contributed by atoms with van der Waals surface area (Å²) in [7, 11) is 0. The van der Waals surface area contributed by atoms with Gasteiger partial charge in [-0.1, -0.05) is 12.8 Å². The third kappa shape index (κ3) is 2.00. The molecule has 0 spiro atoms. The highest BCUT2D eigenvalue weighted by atomic mass is 16.2. The molecular formula is C12H18N2O. The van der Waals surface area contributed by atoms with Gasteiger partial charge in [-0.2, -0.15) is 0 Å². The molecule has 0 aromatic rings. The number of amides is 1. The van der Waals surface area contributed by atoms with Crippen molar-refractivity contribution in [3.63, 3.8) is 0 Å². The molecular weight excluding hydrogens is 188 g/mol. The molecule has 0 aromatic heterocycles. The van der Waals surface area contributed by atoms with E-state index in [1.165, 1.54) is 6.42 Å². The molecule has 2 rings (SSSR count). The summed E-state index contributed by atoms with van der Waals surface area (Å²) in [6, 6.07) is 0.860. The van der Waals surface area contributed by atoms with E-state index in [1.54, 1.807) is 0 Å². The molecule has 0 saturated carbocycles. The molecule has 2 N–H and O–H groups in total. The molecule has 2 aliphatic rings. The number of hydrogen-bond acceptors (Lipinski definition) is 2. The maximum Gasteiger partial charge on any atom is 0.225 e. The van der Waals surface area contributed by atoms with Crippen molar-refractivity contribution in [3.8, 4) is 12.3 Å². The Labute approximate surface area is 91.0 Å². The SMILES string of the molecule is C#CC(CC)NC(=O)C1CC2CCC1N2. The van der Waals surface area contributed by atoms with Crippen LogP contribution in [0.4, 0.5) is 0 Å². The number of nitrogens with one attached hydrogen (secondary N) is 2. The zero-order valence-electron chi connectivity index (χ0n) is 9.12. The lowest BCUT2D eigenvalue weighted by Gasteiger charge is -2.21. The number of hydrogen-bond donors (Lipinski definition) is 2. The second-order valence-electron chi connectivity index (χ2n) is 4.53. The fourth-order valence-electron chi connectivity index (χ4n) is 2.65. The zero-order valence-corrected chi connectivity index (χ0v) is 9.12. The summed E-state index contributed by atoms with van der Waals surface area (Å²) in [5.41, 5.74) is 0. The normalized spacial score (nSPS) is 34.8. The van der Waals surface area contributed by atoms with Gasteiger partial charge in [-0.3, -0.25) is 4.79 Å². The average molecular weight is 206 g/mol. The van der Waals surface area contributed by atoms with E-state index in [1.807, 2.05) is 6.92 Å². The van der Waals surface area contributed by atoms with Gasteiger partial charge in [0, 0.05) is 12.1 Å². The maximum atomic E-state index is 11.9. The Bertz CT molecular complexity index is 294. The summed E-state index contributed by atoms with van der Waals surface area (Å²) in [6.07, 6.45) is 9.47. The van der Waals surface area contributed by atoms with Crippen LogP contribution in [-0.2, 0) is 4.79 Å². The molecule has 4 unspecified atom stereocenters. The van der Waals surface area contributed by atoms with Gasteiger partial charge in [0.2, 0.25) is 5.91 Å². The highest BCUT2D eigenvalue weighted by Gasteiger charge is 2.42. The molecule has 2 fully saturated rings. The molecule has 3 heteroatoms. The molecule has 0 aromatic carbocycles. The summed E-state index contributed by atoms with van der Waals surface area (Å²) in [6.45, 7) is 1.99. The van der Waals surface area contributed by atoms with E-state index >= 15 is 0 Å². The second kappa shape index (κ2) is 4.24. The molecule has 2 bridgehead atoms. The van der Waals surface area contributed by atoms with Crippen LogP contribution in [0, 0.1) is 18.3 Å². The molecule has 0 radical (unpaired) electrons. The van der Waals surface area contributed by atoms with E-state index < -0.39 is 0 Å². The molecule has 2 heterocycles. The first-order chi connectivity index (χ1) is 7.24. The van der Waals surface area contributed by atoms with E-state index in [0.717, 1.165) is 19.3 Å². The van der Waals surface area contributed by atoms with Crippen molar-refractivity contribution in [1.82, 2.24) is 10.6 Å². The Balaban J connectivity index is 1.89. The Hall–Kier alpha value is -1.01. The number of terminal acetylenes is 1. The molecule has 15 heavy (non-hydrogen) atoms. The number of fused-ring (bicyclic) bond motifs is 2. The number of carbonyl (C=O) groups excluding carboxylic acids is 1. The van der Waals surface area contributed by atoms with E-state index in [0.29, 0.717) is 12.1 Å². The van der Waals surface area contributed by atoms with Crippen LogP contribution < -0.4 is 10.6 Å². The molecule has 2 saturated heterocycles. The average Bonchev–Trinajstić information content (AvgIpc) is 2.87. The highest BCUT2D eigenvalue weighted by Crippen LogP contribution is 2.33. The summed E-state index contributed by atoms with van der Waals surface area (Å²) >= 11 is 0. The Kier molecular flexibility index (Phi) is 2.97. The van der Waals surface area contributed by atoms with Gasteiger partial charge in [0.15, 0.2) is 0 Å². The topological polar surface area (TPSA) is 41.1 Å². The Morgan fingerprint density at radius 1 is 1.67 bits per heavy atom. The summed E-state index contributed by atoms with van der Waals surface area (Å²) in [5, 5.41) is 6.38. The first-order valence-electron chi connectivity index (χ1n) is 5.77. The largest absolute Gasteiger partial charge is 0.342 e. The van der Waals surface area contributed by atoms with Crippen molar-refractivity contribution >= 4 is 5.91 Å². The van der Waals surface area contributed by atoms with Gasteiger partial charge in [-0.05, 0) is 25.7 Å². The standard InChI is InChI=1S/C12H18N2O/c1-3-8(4-2)14-12(15)10-7-9-5-6-11(10)13-9/h1,8-11,13H,4-7H2,2H3,(H,14,15). The molecule has 2 aliphatic heterocycles. The second-order valence-corrected chi connectivity index (χ2v) is 4.53. The number of rotatable bonds is 3. The van der Waals surface area contributed by atoms with Gasteiger partial charge >= 0.3 is 0 Å². The van der Waals surface area contributed by atoms with Crippen LogP contribution in [-0.4, -0.2) is 24.0 Å². The van der Waals surface area contributed by atoms with Crippen molar-refractivity contribution in [2.45, 2.75) is 50.7 Å². The fraction of sp³-hybridized carbons (Fsp3) is 0.750. The molecule has 3 nitrogen and oxygen atoms in total. The molecule has 1 amide bonds. The maximum absolute atomic E-state index is 11.9. The van der Waals surface area contributed by atoms with Crippen molar-refractivity contribution < 1.29 is 4.79 Å². The summed E-state index contributed by atoms with van der Waals surface area (Å²) in [4.78, 5) is 11.9. The van der Waals surface area contributed by atoms with Gasteiger partial charge in [-0.15, -0.1) is 6.42 Å². The quantitative estimate of drug-likeness (QED) is 0.666. The monoisotopic (exact) mass is 206 g/mol. The zero-order chi connectivity index (χ0) is 10.8. The van der Waals surface area contributed by atoms with Gasteiger partial charge in [0.25, 0.3) is 0 Å². The van der Waals surface area contributed by atoms with Crippen LogP contribution in [0.15, 0.2) is 0 Å². The number of carbonyl (C=O) groups is 1. The van der Waals surface area contributed by atoms with Gasteiger partial charge in [0.05, 0.1) is 12.0 Å². The minimum Gasteiger partial charge on any atom is -0.342 e. The van der Waals surface area contributed by atoms with Crippen molar-refractivity contribution in [1.29, 1.82) is 0 Å². The smallest absolute Gasteiger partial charge is 0.225 e. The Morgan fingerprint density at radius 2 is 2.47 bits per heavy atom. The minimum atomic E-state index is -0.100. The predicted molar refractivity (Wildman–Crippen MR) is 59.1 cm³/mol. The van der Waals surface area contributed by atoms with Crippen LogP contribution >= 0.6 is 0 Å². The van der Waals surface area contributed by atoms with Crippen LogP contribution in [0.1, 0.15) is 32.6 Å².